The third kappa shape index (κ3) is 5.20. The van der Waals surface area contributed by atoms with Crippen LogP contribution in [0.15, 0.2) is 17.0 Å². The van der Waals surface area contributed by atoms with Gasteiger partial charge in [-0.05, 0) is 41.2 Å². The van der Waals surface area contributed by atoms with E-state index in [-0.39, 0.29) is 22.4 Å². The number of alkyl halides is 3. The van der Waals surface area contributed by atoms with Gasteiger partial charge in [-0.1, -0.05) is 0 Å². The Kier molecular flexibility index (Phi) is 5.32. The highest BCUT2D eigenvalue weighted by molar-refractivity contribution is 8.00. The monoisotopic (exact) mass is 305 g/mol. The molecule has 110 valence electrons. The van der Waals surface area contributed by atoms with Crippen molar-refractivity contribution in [1.82, 2.24) is 0 Å². The lowest BCUT2D eigenvalue weighted by Gasteiger charge is -2.22. The average Bonchev–Trinajstić information content (AvgIpc) is 2.26. The number of rotatable bonds is 5. The third-order valence-electron chi connectivity index (χ3n) is 2.44. The van der Waals surface area contributed by atoms with E-state index in [1.54, 1.807) is 6.07 Å². The van der Waals surface area contributed by atoms with E-state index in [4.69, 9.17) is 15.2 Å². The van der Waals surface area contributed by atoms with E-state index in [9.17, 15) is 13.2 Å². The second kappa shape index (κ2) is 6.22. The lowest BCUT2D eigenvalue weighted by molar-refractivity contribution is -0.0328. The molecular weight excluding hydrogens is 289 g/mol. The van der Waals surface area contributed by atoms with Crippen molar-refractivity contribution in [2.45, 2.75) is 22.2 Å². The summed E-state index contributed by atoms with van der Waals surface area (Å²) in [4.78, 5) is -0.0320. The van der Waals surface area contributed by atoms with Gasteiger partial charge in [0.2, 0.25) is 0 Å². The lowest BCUT2D eigenvalue weighted by atomic mass is 9.60. The number of benzene rings is 1. The maximum Gasteiger partial charge on any atom is 0.446 e. The zero-order valence-electron chi connectivity index (χ0n) is 11.8. The molecule has 0 fully saturated rings. The van der Waals surface area contributed by atoms with E-state index in [0.29, 0.717) is 17.7 Å². The van der Waals surface area contributed by atoms with Gasteiger partial charge in [-0.25, -0.2) is 0 Å². The maximum absolute atomic E-state index is 12.5. The number of ether oxygens (including phenoxy) is 2. The first-order valence-electron chi connectivity index (χ1n) is 5.85. The van der Waals surface area contributed by atoms with E-state index in [1.165, 1.54) is 20.3 Å². The van der Waals surface area contributed by atoms with Gasteiger partial charge in [0.15, 0.2) is 0 Å². The Morgan fingerprint density at radius 2 is 1.70 bits per heavy atom. The Bertz CT molecular complexity index is 434. The Balaban J connectivity index is 3.23. The summed E-state index contributed by atoms with van der Waals surface area (Å²) in [6.07, 6.45) is 0.462. The van der Waals surface area contributed by atoms with Gasteiger partial charge < -0.3 is 15.2 Å². The highest BCUT2D eigenvalue weighted by atomic mass is 32.2. The van der Waals surface area contributed by atoms with Crippen LogP contribution < -0.4 is 15.2 Å². The van der Waals surface area contributed by atoms with Crippen LogP contribution in [0.4, 0.5) is 13.2 Å². The molecule has 0 radical (unpaired) electrons. The summed E-state index contributed by atoms with van der Waals surface area (Å²) in [7, 11) is 6.41. The Labute approximate surface area is 122 Å². The highest BCUT2D eigenvalue weighted by Gasteiger charge is 2.31. The molecule has 0 amide bonds. The molecule has 0 aromatic heterocycles. The highest BCUT2D eigenvalue weighted by Crippen LogP contribution is 2.44. The zero-order valence-corrected chi connectivity index (χ0v) is 12.6. The van der Waals surface area contributed by atoms with Gasteiger partial charge in [0.25, 0.3) is 0 Å². The van der Waals surface area contributed by atoms with E-state index in [0.717, 1.165) is 0 Å². The molecule has 0 saturated carbocycles. The van der Waals surface area contributed by atoms with E-state index in [1.807, 2.05) is 15.7 Å². The van der Waals surface area contributed by atoms with Gasteiger partial charge in [-0.15, -0.1) is 0 Å². The standard InChI is InChI=1S/C11H16B2F3NO2S/c1-18-7-4-9(20-11(14,15)16)8(19-2)3-6(7)5-10(12,13)17/h3-4H,5,12-13,17H2,1-2H3. The molecule has 1 aromatic rings. The molecule has 0 atom stereocenters. The van der Waals surface area contributed by atoms with Crippen LogP contribution in [0.1, 0.15) is 5.56 Å². The first kappa shape index (κ1) is 17.1. The minimum Gasteiger partial charge on any atom is -0.496 e. The summed E-state index contributed by atoms with van der Waals surface area (Å²) >= 11 is -0.228. The predicted molar refractivity (Wildman–Crippen MR) is 79.2 cm³/mol. The largest absolute Gasteiger partial charge is 0.496 e. The fourth-order valence-corrected chi connectivity index (χ4v) is 2.42. The van der Waals surface area contributed by atoms with Crippen LogP contribution in [0.3, 0.4) is 0 Å². The number of methoxy groups -OCH3 is 2. The molecular formula is C11H16B2F3NO2S. The van der Waals surface area contributed by atoms with Gasteiger partial charge >= 0.3 is 5.51 Å². The van der Waals surface area contributed by atoms with Crippen molar-refractivity contribution in [3.05, 3.63) is 17.7 Å². The summed E-state index contributed by atoms with van der Waals surface area (Å²) in [5.74, 6) is 0.531. The van der Waals surface area contributed by atoms with Crippen LogP contribution in [0.5, 0.6) is 11.5 Å². The average molecular weight is 305 g/mol. The smallest absolute Gasteiger partial charge is 0.446 e. The number of hydrogen-bond acceptors (Lipinski definition) is 4. The molecule has 20 heavy (non-hydrogen) atoms. The second-order valence-corrected chi connectivity index (χ2v) is 6.13. The molecule has 0 aliphatic rings. The molecule has 0 spiro atoms. The summed E-state index contributed by atoms with van der Waals surface area (Å²) in [5.41, 5.74) is 2.27. The molecule has 1 aromatic carbocycles. The maximum atomic E-state index is 12.5. The topological polar surface area (TPSA) is 44.5 Å². The molecule has 9 heteroatoms. The van der Waals surface area contributed by atoms with Crippen molar-refractivity contribution < 1.29 is 22.6 Å². The molecule has 1 rings (SSSR count). The fourth-order valence-electron chi connectivity index (χ4n) is 1.77. The first-order valence-corrected chi connectivity index (χ1v) is 6.67. The second-order valence-electron chi connectivity index (χ2n) is 5.03. The van der Waals surface area contributed by atoms with Gasteiger partial charge in [0, 0.05) is 0 Å². The summed E-state index contributed by atoms with van der Waals surface area (Å²) < 4.78 is 47.7. The summed E-state index contributed by atoms with van der Waals surface area (Å²) in [5, 5.41) is -0.503. The van der Waals surface area contributed by atoms with Gasteiger partial charge in [-0.2, -0.15) is 13.2 Å². The number of nitrogens with two attached hydrogens (primary N) is 1. The molecule has 0 saturated heterocycles. The van der Waals surface area contributed by atoms with Gasteiger partial charge in [0.1, 0.15) is 27.2 Å². The Hall–Kier alpha value is -0.950. The van der Waals surface area contributed by atoms with Crippen LogP contribution in [0.25, 0.3) is 0 Å². The first-order chi connectivity index (χ1) is 9.05. The number of halogens is 3. The molecule has 0 aliphatic carbocycles. The van der Waals surface area contributed by atoms with E-state index in [2.05, 4.69) is 0 Å². The molecule has 0 heterocycles. The molecule has 0 unspecified atom stereocenters. The van der Waals surface area contributed by atoms with Crippen molar-refractivity contribution >= 4 is 27.5 Å². The molecule has 0 bridgehead atoms. The van der Waals surface area contributed by atoms with Crippen LogP contribution in [0.2, 0.25) is 0 Å². The number of hydrogen-bond donors (Lipinski definition) is 1. The van der Waals surface area contributed by atoms with Crippen molar-refractivity contribution in [1.29, 1.82) is 0 Å². The minimum absolute atomic E-state index is 0.0320. The van der Waals surface area contributed by atoms with Gasteiger partial charge in [0.05, 0.1) is 19.1 Å². The van der Waals surface area contributed by atoms with E-state index >= 15 is 0 Å². The van der Waals surface area contributed by atoms with Crippen LogP contribution in [-0.2, 0) is 6.42 Å². The lowest BCUT2D eigenvalue weighted by Crippen LogP contribution is -2.43. The van der Waals surface area contributed by atoms with Crippen LogP contribution in [-0.4, -0.2) is 40.8 Å². The predicted octanol–water partition coefficient (Wildman–Crippen LogP) is 0.737. The van der Waals surface area contributed by atoms with Crippen LogP contribution >= 0.6 is 11.8 Å². The van der Waals surface area contributed by atoms with Crippen molar-refractivity contribution in [2.24, 2.45) is 5.73 Å². The summed E-state index contributed by atoms with van der Waals surface area (Å²) in [6.45, 7) is 0. The SMILES string of the molecule is BC(B)(N)Cc1cc(OC)c(SC(F)(F)F)cc1OC. The summed E-state index contributed by atoms with van der Waals surface area (Å²) in [6, 6.07) is 2.87. The zero-order chi connectivity index (χ0) is 15.6. The van der Waals surface area contributed by atoms with Crippen molar-refractivity contribution in [3.63, 3.8) is 0 Å². The molecule has 0 aliphatic heterocycles. The normalized spacial score (nSPS) is 12.3. The number of thioether (sulfide) groups is 1. The molecule has 3 nitrogen and oxygen atoms in total. The van der Waals surface area contributed by atoms with Crippen molar-refractivity contribution in [2.75, 3.05) is 14.2 Å². The molecule has 2 N–H and O–H groups in total. The van der Waals surface area contributed by atoms with Crippen LogP contribution in [0, 0.1) is 0 Å². The van der Waals surface area contributed by atoms with Gasteiger partial charge in [-0.3, -0.25) is 0 Å². The quantitative estimate of drug-likeness (QED) is 0.644. The Morgan fingerprint density at radius 3 is 2.10 bits per heavy atom. The van der Waals surface area contributed by atoms with E-state index < -0.39 is 10.8 Å². The third-order valence-corrected chi connectivity index (χ3v) is 3.21. The minimum atomic E-state index is -4.38. The van der Waals surface area contributed by atoms with Crippen molar-refractivity contribution in [3.8, 4) is 11.5 Å². The Morgan fingerprint density at radius 1 is 1.15 bits per heavy atom. The fraction of sp³-hybridized carbons (Fsp3) is 0.455.